The SMILES string of the molecule is CCc1ccc(N(C(C)C(=O)Nc2ccccc2CC)S(C)(=O)=O)cc1. The maximum atomic E-state index is 12.7. The van der Waals surface area contributed by atoms with E-state index < -0.39 is 16.1 Å². The van der Waals surface area contributed by atoms with Gasteiger partial charge in [0.1, 0.15) is 6.04 Å². The van der Waals surface area contributed by atoms with Crippen molar-refractivity contribution in [2.75, 3.05) is 15.9 Å². The normalized spacial score (nSPS) is 12.5. The van der Waals surface area contributed by atoms with Crippen molar-refractivity contribution in [3.63, 3.8) is 0 Å². The summed E-state index contributed by atoms with van der Waals surface area (Å²) in [5.41, 5.74) is 3.31. The first kappa shape index (κ1) is 20.0. The van der Waals surface area contributed by atoms with Crippen LogP contribution in [0.3, 0.4) is 0 Å². The van der Waals surface area contributed by atoms with Crippen molar-refractivity contribution >= 4 is 27.3 Å². The predicted octanol–water partition coefficient (Wildman–Crippen LogP) is 3.60. The number of rotatable bonds is 7. The second kappa shape index (κ2) is 8.36. The molecule has 0 aliphatic carbocycles. The van der Waals surface area contributed by atoms with Crippen LogP contribution in [-0.2, 0) is 27.7 Å². The molecule has 1 unspecified atom stereocenters. The van der Waals surface area contributed by atoms with Gasteiger partial charge in [0.05, 0.1) is 11.9 Å². The molecule has 0 aliphatic heterocycles. The van der Waals surface area contributed by atoms with Gasteiger partial charge in [0.2, 0.25) is 15.9 Å². The summed E-state index contributed by atoms with van der Waals surface area (Å²) in [4.78, 5) is 12.7. The number of amides is 1. The first-order valence-electron chi connectivity index (χ1n) is 8.75. The Morgan fingerprint density at radius 2 is 1.65 bits per heavy atom. The summed E-state index contributed by atoms with van der Waals surface area (Å²) in [7, 11) is -3.62. The molecule has 1 amide bonds. The molecule has 1 atom stereocenters. The van der Waals surface area contributed by atoms with E-state index in [9.17, 15) is 13.2 Å². The lowest BCUT2D eigenvalue weighted by atomic mass is 10.1. The Morgan fingerprint density at radius 1 is 1.04 bits per heavy atom. The Hall–Kier alpha value is -2.34. The van der Waals surface area contributed by atoms with E-state index in [2.05, 4.69) is 5.32 Å². The molecule has 0 fully saturated rings. The van der Waals surface area contributed by atoms with Gasteiger partial charge in [-0.25, -0.2) is 8.42 Å². The van der Waals surface area contributed by atoms with Crippen LogP contribution in [-0.4, -0.2) is 26.6 Å². The third-order valence-corrected chi connectivity index (χ3v) is 5.59. The van der Waals surface area contributed by atoms with Crippen LogP contribution in [0.25, 0.3) is 0 Å². The summed E-state index contributed by atoms with van der Waals surface area (Å²) in [6, 6.07) is 13.9. The average Bonchev–Trinajstić information content (AvgIpc) is 2.61. The second-order valence-electron chi connectivity index (χ2n) is 6.25. The number of benzene rings is 2. The summed E-state index contributed by atoms with van der Waals surface area (Å²) in [5, 5.41) is 2.86. The number of carbonyl (C=O) groups is 1. The summed E-state index contributed by atoms with van der Waals surface area (Å²) >= 11 is 0. The maximum Gasteiger partial charge on any atom is 0.248 e. The topological polar surface area (TPSA) is 66.5 Å². The fourth-order valence-electron chi connectivity index (χ4n) is 2.88. The molecule has 26 heavy (non-hydrogen) atoms. The molecule has 5 nitrogen and oxygen atoms in total. The van der Waals surface area contributed by atoms with Gasteiger partial charge in [-0.05, 0) is 49.1 Å². The van der Waals surface area contributed by atoms with Gasteiger partial charge in [-0.3, -0.25) is 9.10 Å². The average molecular weight is 375 g/mol. The fourth-order valence-corrected chi connectivity index (χ4v) is 4.05. The number of carbonyl (C=O) groups excluding carboxylic acids is 1. The molecular formula is C20H26N2O3S. The fraction of sp³-hybridized carbons (Fsp3) is 0.350. The largest absolute Gasteiger partial charge is 0.324 e. The molecule has 0 spiro atoms. The van der Waals surface area contributed by atoms with E-state index >= 15 is 0 Å². The van der Waals surface area contributed by atoms with Crippen LogP contribution in [0.1, 0.15) is 31.9 Å². The molecule has 0 bridgehead atoms. The van der Waals surface area contributed by atoms with Crippen molar-refractivity contribution in [2.24, 2.45) is 0 Å². The van der Waals surface area contributed by atoms with Gasteiger partial charge in [-0.2, -0.15) is 0 Å². The lowest BCUT2D eigenvalue weighted by Gasteiger charge is -2.28. The van der Waals surface area contributed by atoms with E-state index in [0.29, 0.717) is 11.4 Å². The molecule has 0 saturated carbocycles. The van der Waals surface area contributed by atoms with Gasteiger partial charge in [-0.15, -0.1) is 0 Å². The van der Waals surface area contributed by atoms with Gasteiger partial charge in [0.15, 0.2) is 0 Å². The van der Waals surface area contributed by atoms with Crippen molar-refractivity contribution in [3.05, 3.63) is 59.7 Å². The van der Waals surface area contributed by atoms with E-state index in [-0.39, 0.29) is 5.91 Å². The van der Waals surface area contributed by atoms with Crippen LogP contribution in [0.2, 0.25) is 0 Å². The van der Waals surface area contributed by atoms with Crippen LogP contribution in [0, 0.1) is 0 Å². The lowest BCUT2D eigenvalue weighted by molar-refractivity contribution is -0.116. The van der Waals surface area contributed by atoms with Crippen LogP contribution >= 0.6 is 0 Å². The minimum atomic E-state index is -3.62. The third kappa shape index (κ3) is 4.64. The number of para-hydroxylation sites is 1. The van der Waals surface area contributed by atoms with Crippen molar-refractivity contribution in [1.82, 2.24) is 0 Å². The molecule has 0 heterocycles. The summed E-state index contributed by atoms with van der Waals surface area (Å²) < 4.78 is 25.9. The third-order valence-electron chi connectivity index (χ3n) is 4.34. The molecule has 0 saturated heterocycles. The van der Waals surface area contributed by atoms with Crippen molar-refractivity contribution in [2.45, 2.75) is 39.7 Å². The van der Waals surface area contributed by atoms with Crippen molar-refractivity contribution in [3.8, 4) is 0 Å². The number of sulfonamides is 1. The quantitative estimate of drug-likeness (QED) is 0.805. The van der Waals surface area contributed by atoms with Gasteiger partial charge < -0.3 is 5.32 Å². The zero-order chi connectivity index (χ0) is 19.3. The lowest BCUT2D eigenvalue weighted by Crippen LogP contribution is -2.45. The highest BCUT2D eigenvalue weighted by Crippen LogP contribution is 2.23. The van der Waals surface area contributed by atoms with E-state index in [0.717, 1.165) is 34.5 Å². The summed E-state index contributed by atoms with van der Waals surface area (Å²) in [6.07, 6.45) is 2.76. The Kier molecular flexibility index (Phi) is 6.42. The number of anilines is 2. The Balaban J connectivity index is 2.31. The Bertz CT molecular complexity index is 861. The van der Waals surface area contributed by atoms with Crippen LogP contribution in [0.5, 0.6) is 0 Å². The monoisotopic (exact) mass is 374 g/mol. The smallest absolute Gasteiger partial charge is 0.248 e. The van der Waals surface area contributed by atoms with E-state index in [1.54, 1.807) is 19.1 Å². The molecule has 6 heteroatoms. The highest BCUT2D eigenvalue weighted by atomic mass is 32.2. The van der Waals surface area contributed by atoms with Crippen molar-refractivity contribution < 1.29 is 13.2 Å². The van der Waals surface area contributed by atoms with Crippen LogP contribution in [0.4, 0.5) is 11.4 Å². The zero-order valence-electron chi connectivity index (χ0n) is 15.7. The molecule has 2 rings (SSSR count). The van der Waals surface area contributed by atoms with E-state index in [1.807, 2.05) is 50.2 Å². The van der Waals surface area contributed by atoms with E-state index in [1.165, 1.54) is 0 Å². The van der Waals surface area contributed by atoms with Crippen LogP contribution < -0.4 is 9.62 Å². The van der Waals surface area contributed by atoms with Gasteiger partial charge in [0.25, 0.3) is 0 Å². The number of hydrogen-bond acceptors (Lipinski definition) is 3. The van der Waals surface area contributed by atoms with Gasteiger partial charge in [-0.1, -0.05) is 44.2 Å². The summed E-state index contributed by atoms with van der Waals surface area (Å²) in [6.45, 7) is 5.63. The number of aryl methyl sites for hydroxylation is 2. The van der Waals surface area contributed by atoms with Crippen molar-refractivity contribution in [1.29, 1.82) is 0 Å². The standard InChI is InChI=1S/C20H26N2O3S/c1-5-16-11-13-18(14-12-16)22(26(4,24)25)15(3)20(23)21-19-10-8-7-9-17(19)6-2/h7-15H,5-6H2,1-4H3,(H,21,23). The molecule has 0 aliphatic rings. The van der Waals surface area contributed by atoms with Gasteiger partial charge >= 0.3 is 0 Å². The maximum absolute atomic E-state index is 12.7. The number of nitrogens with zero attached hydrogens (tertiary/aromatic N) is 1. The number of hydrogen-bond donors (Lipinski definition) is 1. The molecule has 2 aromatic rings. The molecule has 0 aromatic heterocycles. The highest BCUT2D eigenvalue weighted by Gasteiger charge is 2.29. The molecule has 140 valence electrons. The van der Waals surface area contributed by atoms with Crippen LogP contribution in [0.15, 0.2) is 48.5 Å². The van der Waals surface area contributed by atoms with Gasteiger partial charge in [0, 0.05) is 5.69 Å². The molecule has 0 radical (unpaired) electrons. The number of nitrogens with one attached hydrogen (secondary N) is 1. The predicted molar refractivity (Wildman–Crippen MR) is 107 cm³/mol. The minimum absolute atomic E-state index is 0.365. The Labute approximate surface area is 156 Å². The minimum Gasteiger partial charge on any atom is -0.324 e. The summed E-state index contributed by atoms with van der Waals surface area (Å²) in [5.74, 6) is -0.365. The Morgan fingerprint density at radius 3 is 2.19 bits per heavy atom. The molecule has 1 N–H and O–H groups in total. The first-order chi connectivity index (χ1) is 12.3. The first-order valence-corrected chi connectivity index (χ1v) is 10.6. The highest BCUT2D eigenvalue weighted by molar-refractivity contribution is 7.92. The van der Waals surface area contributed by atoms with E-state index in [4.69, 9.17) is 0 Å². The second-order valence-corrected chi connectivity index (χ2v) is 8.11. The zero-order valence-corrected chi connectivity index (χ0v) is 16.5. The molecular weight excluding hydrogens is 348 g/mol. The molecule has 2 aromatic carbocycles.